The quantitative estimate of drug-likeness (QED) is 0.302. The molecule has 2 unspecified atom stereocenters. The van der Waals surface area contributed by atoms with Crippen LogP contribution in [0.2, 0.25) is 0 Å². The van der Waals surface area contributed by atoms with Crippen LogP contribution < -0.4 is 10.6 Å². The number of nitrogens with one attached hydrogen (secondary N) is 3. The van der Waals surface area contributed by atoms with Gasteiger partial charge in [0.1, 0.15) is 12.4 Å². The summed E-state index contributed by atoms with van der Waals surface area (Å²) >= 11 is 2.08. The van der Waals surface area contributed by atoms with Crippen LogP contribution in [-0.4, -0.2) is 44.7 Å². The fraction of sp³-hybridized carbons (Fsp3) is 0.611. The molecule has 1 aliphatic carbocycles. The maximum Gasteiger partial charge on any atom is 0.216 e. The van der Waals surface area contributed by atoms with E-state index < -0.39 is 0 Å². The first-order chi connectivity index (χ1) is 12.8. The molecule has 0 bridgehead atoms. The Labute approximate surface area is 182 Å². The van der Waals surface area contributed by atoms with E-state index >= 15 is 0 Å². The number of hydrogen-bond acceptors (Lipinski definition) is 5. The normalized spacial score (nSPS) is 20.1. The van der Waals surface area contributed by atoms with Crippen molar-refractivity contribution in [3.05, 3.63) is 24.2 Å². The molecule has 2 aromatic heterocycles. The van der Waals surface area contributed by atoms with Crippen molar-refractivity contribution < 1.29 is 4.42 Å². The van der Waals surface area contributed by atoms with Crippen molar-refractivity contribution in [2.24, 2.45) is 4.99 Å². The van der Waals surface area contributed by atoms with Crippen LogP contribution in [-0.2, 0) is 6.54 Å². The number of hydrogen-bond donors (Lipinski definition) is 3. The molecule has 7 nitrogen and oxygen atoms in total. The molecule has 3 N–H and O–H groups in total. The average Bonchev–Trinajstić information content (AvgIpc) is 3.32. The Morgan fingerprint density at radius 1 is 1.41 bits per heavy atom. The number of rotatable bonds is 7. The van der Waals surface area contributed by atoms with Gasteiger partial charge in [-0.25, -0.2) is 9.98 Å². The molecular formula is C18H29IN6OS. The minimum Gasteiger partial charge on any atom is -0.461 e. The van der Waals surface area contributed by atoms with Crippen LogP contribution in [0, 0.1) is 0 Å². The number of furan rings is 1. The SMILES string of the molecule is CCNC(=NCc1nc(-c2ccco2)n[nH]1)NC1CCCC(SCC)C1.I. The van der Waals surface area contributed by atoms with E-state index in [1.54, 1.807) is 6.26 Å². The molecule has 0 aromatic carbocycles. The van der Waals surface area contributed by atoms with E-state index in [-0.39, 0.29) is 24.0 Å². The van der Waals surface area contributed by atoms with Crippen molar-refractivity contribution in [2.75, 3.05) is 12.3 Å². The molecule has 0 aliphatic heterocycles. The number of aromatic nitrogens is 3. The Morgan fingerprint density at radius 2 is 2.30 bits per heavy atom. The second-order valence-corrected chi connectivity index (χ2v) is 7.94. The van der Waals surface area contributed by atoms with Crippen LogP contribution in [0.3, 0.4) is 0 Å². The number of thioether (sulfide) groups is 1. The minimum atomic E-state index is 0. The van der Waals surface area contributed by atoms with Crippen LogP contribution in [0.4, 0.5) is 0 Å². The highest BCUT2D eigenvalue weighted by Gasteiger charge is 2.22. The van der Waals surface area contributed by atoms with Gasteiger partial charge in [-0.2, -0.15) is 11.8 Å². The summed E-state index contributed by atoms with van der Waals surface area (Å²) in [6, 6.07) is 4.15. The van der Waals surface area contributed by atoms with E-state index in [9.17, 15) is 0 Å². The monoisotopic (exact) mass is 504 g/mol. The lowest BCUT2D eigenvalue weighted by Crippen LogP contribution is -2.45. The molecule has 2 atom stereocenters. The standard InChI is InChI=1S/C18H28N6OS.HI/c1-3-19-18(21-13-7-5-8-14(11-13)26-4-2)20-12-16-22-17(24-23-16)15-9-6-10-25-15;/h6,9-10,13-14H,3-5,7-8,11-12H2,1-2H3,(H2,19,20,21)(H,22,23,24);1H. The molecule has 1 fully saturated rings. The van der Waals surface area contributed by atoms with Gasteiger partial charge in [0.2, 0.25) is 5.82 Å². The Balaban J connectivity index is 0.00000261. The zero-order valence-corrected chi connectivity index (χ0v) is 19.0. The summed E-state index contributed by atoms with van der Waals surface area (Å²) in [5.74, 6) is 3.97. The lowest BCUT2D eigenvalue weighted by atomic mass is 9.95. The number of guanidine groups is 1. The Hall–Kier alpha value is -1.23. The lowest BCUT2D eigenvalue weighted by Gasteiger charge is -2.30. The number of aliphatic imine (C=N–C) groups is 1. The highest BCUT2D eigenvalue weighted by Crippen LogP contribution is 2.28. The Kier molecular flexibility index (Phi) is 9.46. The second kappa shape index (κ2) is 11.6. The summed E-state index contributed by atoms with van der Waals surface area (Å²) < 4.78 is 5.32. The average molecular weight is 504 g/mol. The van der Waals surface area contributed by atoms with Gasteiger partial charge in [0.25, 0.3) is 0 Å². The van der Waals surface area contributed by atoms with Gasteiger partial charge in [-0.15, -0.1) is 29.1 Å². The van der Waals surface area contributed by atoms with E-state index in [2.05, 4.69) is 56.4 Å². The first-order valence-corrected chi connectivity index (χ1v) is 10.4. The topological polar surface area (TPSA) is 91.1 Å². The fourth-order valence-corrected chi connectivity index (χ4v) is 4.39. The molecule has 1 saturated carbocycles. The molecule has 1 aliphatic rings. The van der Waals surface area contributed by atoms with Crippen molar-refractivity contribution in [2.45, 2.75) is 57.4 Å². The Morgan fingerprint density at radius 3 is 3.04 bits per heavy atom. The van der Waals surface area contributed by atoms with Crippen LogP contribution in [0.5, 0.6) is 0 Å². The van der Waals surface area contributed by atoms with Gasteiger partial charge < -0.3 is 15.1 Å². The third kappa shape index (κ3) is 6.70. The molecule has 0 amide bonds. The van der Waals surface area contributed by atoms with Crippen LogP contribution >= 0.6 is 35.7 Å². The highest BCUT2D eigenvalue weighted by molar-refractivity contribution is 14.0. The predicted molar refractivity (Wildman–Crippen MR) is 122 cm³/mol. The van der Waals surface area contributed by atoms with E-state index in [4.69, 9.17) is 4.42 Å². The summed E-state index contributed by atoms with van der Waals surface area (Å²) in [5, 5.41) is 14.8. The van der Waals surface area contributed by atoms with E-state index in [0.717, 1.165) is 23.6 Å². The van der Waals surface area contributed by atoms with Crippen molar-refractivity contribution in [1.29, 1.82) is 0 Å². The molecule has 2 heterocycles. The zero-order valence-electron chi connectivity index (χ0n) is 15.9. The summed E-state index contributed by atoms with van der Waals surface area (Å²) in [6.07, 6.45) is 6.64. The zero-order chi connectivity index (χ0) is 18.2. The largest absolute Gasteiger partial charge is 0.461 e. The van der Waals surface area contributed by atoms with Crippen molar-refractivity contribution in [3.63, 3.8) is 0 Å². The third-order valence-corrected chi connectivity index (χ3v) is 5.61. The van der Waals surface area contributed by atoms with Gasteiger partial charge in [0.15, 0.2) is 11.7 Å². The molecule has 150 valence electrons. The molecule has 0 saturated heterocycles. The van der Waals surface area contributed by atoms with Crippen molar-refractivity contribution >= 4 is 41.7 Å². The Bertz CT molecular complexity index is 688. The van der Waals surface area contributed by atoms with Crippen LogP contribution in [0.15, 0.2) is 27.8 Å². The van der Waals surface area contributed by atoms with Crippen LogP contribution in [0.1, 0.15) is 45.4 Å². The van der Waals surface area contributed by atoms with Gasteiger partial charge in [-0.3, -0.25) is 5.10 Å². The maximum atomic E-state index is 5.32. The van der Waals surface area contributed by atoms with E-state index in [0.29, 0.717) is 24.2 Å². The summed E-state index contributed by atoms with van der Waals surface area (Å²) in [4.78, 5) is 9.11. The molecule has 0 radical (unpaired) electrons. The molecule has 0 spiro atoms. The lowest BCUT2D eigenvalue weighted by molar-refractivity contribution is 0.419. The molecule has 3 rings (SSSR count). The van der Waals surface area contributed by atoms with Gasteiger partial charge in [-0.05, 0) is 44.1 Å². The van der Waals surface area contributed by atoms with Crippen molar-refractivity contribution in [1.82, 2.24) is 25.8 Å². The molecule has 9 heteroatoms. The summed E-state index contributed by atoms with van der Waals surface area (Å²) in [6.45, 7) is 5.60. The maximum absolute atomic E-state index is 5.32. The molecule has 27 heavy (non-hydrogen) atoms. The minimum absolute atomic E-state index is 0. The van der Waals surface area contributed by atoms with Gasteiger partial charge >= 0.3 is 0 Å². The first kappa shape index (κ1) is 22.1. The first-order valence-electron chi connectivity index (χ1n) is 9.40. The number of H-pyrrole nitrogens is 1. The highest BCUT2D eigenvalue weighted by atomic mass is 127. The summed E-state index contributed by atoms with van der Waals surface area (Å²) in [5.41, 5.74) is 0. The molecular weight excluding hydrogens is 475 g/mol. The van der Waals surface area contributed by atoms with E-state index in [1.807, 2.05) is 12.1 Å². The van der Waals surface area contributed by atoms with Crippen LogP contribution in [0.25, 0.3) is 11.6 Å². The predicted octanol–water partition coefficient (Wildman–Crippen LogP) is 3.80. The van der Waals surface area contributed by atoms with Gasteiger partial charge in [0.05, 0.1) is 6.26 Å². The smallest absolute Gasteiger partial charge is 0.216 e. The fourth-order valence-electron chi connectivity index (χ4n) is 3.21. The number of nitrogens with zero attached hydrogens (tertiary/aromatic N) is 3. The number of halogens is 1. The van der Waals surface area contributed by atoms with Crippen molar-refractivity contribution in [3.8, 4) is 11.6 Å². The second-order valence-electron chi connectivity index (χ2n) is 6.36. The molecule has 2 aromatic rings. The number of aromatic amines is 1. The van der Waals surface area contributed by atoms with Gasteiger partial charge in [-0.1, -0.05) is 13.3 Å². The van der Waals surface area contributed by atoms with Gasteiger partial charge in [0, 0.05) is 17.8 Å². The third-order valence-electron chi connectivity index (χ3n) is 4.37. The summed E-state index contributed by atoms with van der Waals surface area (Å²) in [7, 11) is 0. The van der Waals surface area contributed by atoms with E-state index in [1.165, 1.54) is 31.4 Å².